The van der Waals surface area contributed by atoms with Crippen molar-refractivity contribution in [1.29, 1.82) is 0 Å². The third-order valence-electron chi connectivity index (χ3n) is 2.11. The van der Waals surface area contributed by atoms with Gasteiger partial charge in [0.25, 0.3) is 0 Å². The molecule has 0 radical (unpaired) electrons. The Bertz CT molecular complexity index is 331. The third-order valence-corrected chi connectivity index (χ3v) is 2.11. The molecule has 0 heterocycles. The van der Waals surface area contributed by atoms with Gasteiger partial charge in [0, 0.05) is 0 Å². The fraction of sp³-hybridized carbons (Fsp3) is 0.273. The molecule has 0 amide bonds. The van der Waals surface area contributed by atoms with Gasteiger partial charge in [-0.1, -0.05) is 18.2 Å². The van der Waals surface area contributed by atoms with Crippen LogP contribution in [0.25, 0.3) is 0 Å². The minimum Gasteiger partial charge on any atom is -0.321 e. The van der Waals surface area contributed by atoms with Crippen LogP contribution in [0, 0.1) is 12.7 Å². The van der Waals surface area contributed by atoms with Crippen LogP contribution in [-0.2, 0) is 0 Å². The van der Waals surface area contributed by atoms with E-state index in [0.29, 0.717) is 0 Å². The van der Waals surface area contributed by atoms with Gasteiger partial charge in [0.1, 0.15) is 5.82 Å². The number of rotatable bonds is 2. The zero-order chi connectivity index (χ0) is 10.0. The quantitative estimate of drug-likeness (QED) is 0.694. The topological polar surface area (TPSA) is 26.0 Å². The average molecular weight is 179 g/mol. The minimum atomic E-state index is -0.268. The van der Waals surface area contributed by atoms with Gasteiger partial charge in [-0.15, -0.1) is 0 Å². The summed E-state index contributed by atoms with van der Waals surface area (Å²) in [6.07, 6.45) is 0. The summed E-state index contributed by atoms with van der Waals surface area (Å²) in [5.74, 6) is -0.252. The van der Waals surface area contributed by atoms with E-state index in [1.54, 1.807) is 6.07 Å². The predicted molar refractivity (Wildman–Crippen MR) is 52.9 cm³/mol. The van der Waals surface area contributed by atoms with E-state index in [4.69, 9.17) is 5.73 Å². The highest BCUT2D eigenvalue weighted by Crippen LogP contribution is 2.21. The van der Waals surface area contributed by atoms with Crippen molar-refractivity contribution < 1.29 is 4.39 Å². The van der Waals surface area contributed by atoms with Crippen molar-refractivity contribution in [3.8, 4) is 0 Å². The monoisotopic (exact) mass is 179 g/mol. The second kappa shape index (κ2) is 3.71. The first-order chi connectivity index (χ1) is 6.02. The molecule has 0 aliphatic rings. The van der Waals surface area contributed by atoms with E-state index in [2.05, 4.69) is 6.58 Å². The number of hydrogen-bond donors (Lipinski definition) is 1. The summed E-state index contributed by atoms with van der Waals surface area (Å²) in [5.41, 5.74) is 8.49. The summed E-state index contributed by atoms with van der Waals surface area (Å²) >= 11 is 0. The Morgan fingerprint density at radius 1 is 1.54 bits per heavy atom. The lowest BCUT2D eigenvalue weighted by molar-refractivity contribution is 0.622. The maximum absolute atomic E-state index is 12.9. The van der Waals surface area contributed by atoms with Crippen molar-refractivity contribution in [3.63, 3.8) is 0 Å². The van der Waals surface area contributed by atoms with Crippen molar-refractivity contribution in [3.05, 3.63) is 47.3 Å². The van der Waals surface area contributed by atoms with Crippen LogP contribution < -0.4 is 5.73 Å². The molecule has 1 rings (SSSR count). The summed E-state index contributed by atoms with van der Waals surface area (Å²) in [6, 6.07) is 4.36. The molecule has 2 heteroatoms. The van der Waals surface area contributed by atoms with Crippen LogP contribution in [0.5, 0.6) is 0 Å². The molecule has 0 spiro atoms. The van der Waals surface area contributed by atoms with Gasteiger partial charge in [-0.25, -0.2) is 4.39 Å². The van der Waals surface area contributed by atoms with Gasteiger partial charge in [-0.3, -0.25) is 0 Å². The molecule has 1 nitrogen and oxygen atoms in total. The molecule has 0 aliphatic carbocycles. The molecule has 13 heavy (non-hydrogen) atoms. The number of benzene rings is 1. The molecule has 0 aliphatic heterocycles. The molecule has 1 atom stereocenters. The van der Waals surface area contributed by atoms with E-state index in [9.17, 15) is 4.39 Å². The third kappa shape index (κ3) is 2.16. The molecule has 0 fully saturated rings. The Morgan fingerprint density at radius 2 is 2.15 bits per heavy atom. The van der Waals surface area contributed by atoms with E-state index >= 15 is 0 Å². The van der Waals surface area contributed by atoms with Gasteiger partial charge in [-0.2, -0.15) is 0 Å². The molecule has 2 N–H and O–H groups in total. The molecule has 1 aromatic rings. The molecule has 1 unspecified atom stereocenters. The van der Waals surface area contributed by atoms with Gasteiger partial charge in [-0.05, 0) is 37.1 Å². The van der Waals surface area contributed by atoms with Crippen molar-refractivity contribution in [2.45, 2.75) is 19.9 Å². The average Bonchev–Trinajstić information content (AvgIpc) is 2.08. The van der Waals surface area contributed by atoms with Crippen LogP contribution in [0.4, 0.5) is 4.39 Å². The highest BCUT2D eigenvalue weighted by Gasteiger charge is 2.09. The maximum atomic E-state index is 12.9. The molecule has 0 saturated carbocycles. The second-order valence-corrected chi connectivity index (χ2v) is 3.32. The SMILES string of the molecule is C=C(C)C(N)c1cc(F)ccc1C. The zero-order valence-electron chi connectivity index (χ0n) is 7.97. The second-order valence-electron chi connectivity index (χ2n) is 3.32. The van der Waals surface area contributed by atoms with Crippen molar-refractivity contribution >= 4 is 0 Å². The standard InChI is InChI=1S/C11H14FN/c1-7(2)11(13)10-6-9(12)5-4-8(10)3/h4-6,11H,1,13H2,2-3H3. The van der Waals surface area contributed by atoms with E-state index < -0.39 is 0 Å². The van der Waals surface area contributed by atoms with Gasteiger partial charge >= 0.3 is 0 Å². The Kier molecular flexibility index (Phi) is 2.83. The Morgan fingerprint density at radius 3 is 2.69 bits per heavy atom. The van der Waals surface area contributed by atoms with Crippen LogP contribution in [0.15, 0.2) is 30.4 Å². The number of aryl methyl sites for hydroxylation is 1. The van der Waals surface area contributed by atoms with Gasteiger partial charge in [0.2, 0.25) is 0 Å². The molecule has 70 valence electrons. The van der Waals surface area contributed by atoms with Gasteiger partial charge in [0.15, 0.2) is 0 Å². The largest absolute Gasteiger partial charge is 0.321 e. The number of hydrogen-bond acceptors (Lipinski definition) is 1. The van der Waals surface area contributed by atoms with Crippen LogP contribution in [0.2, 0.25) is 0 Å². The van der Waals surface area contributed by atoms with Gasteiger partial charge in [0.05, 0.1) is 6.04 Å². The fourth-order valence-corrected chi connectivity index (χ4v) is 1.21. The van der Waals surface area contributed by atoms with Gasteiger partial charge < -0.3 is 5.73 Å². The zero-order valence-corrected chi connectivity index (χ0v) is 7.97. The van der Waals surface area contributed by atoms with Crippen molar-refractivity contribution in [1.82, 2.24) is 0 Å². The highest BCUT2D eigenvalue weighted by atomic mass is 19.1. The normalized spacial score (nSPS) is 12.6. The maximum Gasteiger partial charge on any atom is 0.123 e. The lowest BCUT2D eigenvalue weighted by atomic mass is 9.97. The van der Waals surface area contributed by atoms with E-state index in [-0.39, 0.29) is 11.9 Å². The number of nitrogens with two attached hydrogens (primary N) is 1. The first kappa shape index (κ1) is 9.93. The summed E-state index contributed by atoms with van der Waals surface area (Å²) in [7, 11) is 0. The lowest BCUT2D eigenvalue weighted by Gasteiger charge is -2.14. The molecule has 0 bridgehead atoms. The lowest BCUT2D eigenvalue weighted by Crippen LogP contribution is -2.12. The molecular weight excluding hydrogens is 165 g/mol. The molecule has 1 aromatic carbocycles. The van der Waals surface area contributed by atoms with E-state index in [0.717, 1.165) is 16.7 Å². The fourth-order valence-electron chi connectivity index (χ4n) is 1.21. The smallest absolute Gasteiger partial charge is 0.123 e. The summed E-state index contributed by atoms with van der Waals surface area (Å²) in [4.78, 5) is 0. The Hall–Kier alpha value is -1.15. The van der Waals surface area contributed by atoms with Crippen LogP contribution in [0.1, 0.15) is 24.1 Å². The van der Waals surface area contributed by atoms with Crippen LogP contribution in [0.3, 0.4) is 0 Å². The first-order valence-corrected chi connectivity index (χ1v) is 4.19. The molecular formula is C11H14FN. The van der Waals surface area contributed by atoms with Crippen LogP contribution >= 0.6 is 0 Å². The summed E-state index contributed by atoms with van der Waals surface area (Å²) < 4.78 is 12.9. The Balaban J connectivity index is 3.12. The van der Waals surface area contributed by atoms with Crippen molar-refractivity contribution in [2.24, 2.45) is 5.73 Å². The molecule has 0 aromatic heterocycles. The van der Waals surface area contributed by atoms with Crippen LogP contribution in [-0.4, -0.2) is 0 Å². The minimum absolute atomic E-state index is 0.252. The summed E-state index contributed by atoms with van der Waals surface area (Å²) in [6.45, 7) is 7.51. The van der Waals surface area contributed by atoms with E-state index in [1.165, 1.54) is 12.1 Å². The summed E-state index contributed by atoms with van der Waals surface area (Å²) in [5, 5.41) is 0. The number of halogens is 1. The highest BCUT2D eigenvalue weighted by molar-refractivity contribution is 5.33. The first-order valence-electron chi connectivity index (χ1n) is 4.19. The van der Waals surface area contributed by atoms with E-state index in [1.807, 2.05) is 13.8 Å². The van der Waals surface area contributed by atoms with Crippen molar-refractivity contribution in [2.75, 3.05) is 0 Å². The Labute approximate surface area is 78.1 Å². The predicted octanol–water partition coefficient (Wildman–Crippen LogP) is 2.71. The molecule has 0 saturated heterocycles.